The number of halogens is 4. The van der Waals surface area contributed by atoms with Gasteiger partial charge in [0.15, 0.2) is 16.3 Å². The van der Waals surface area contributed by atoms with Crippen molar-refractivity contribution in [3.05, 3.63) is 116 Å². The van der Waals surface area contributed by atoms with Crippen LogP contribution in [0.3, 0.4) is 0 Å². The zero-order valence-electron chi connectivity index (χ0n) is 24.5. The number of rotatable bonds is 9. The third kappa shape index (κ3) is 6.80. The van der Waals surface area contributed by atoms with Crippen LogP contribution in [0.1, 0.15) is 36.6 Å². The number of esters is 1. The van der Waals surface area contributed by atoms with Crippen LogP contribution in [0, 0.1) is 0 Å². The van der Waals surface area contributed by atoms with E-state index in [0.29, 0.717) is 62.9 Å². The maximum Gasteiger partial charge on any atom is 0.338 e. The van der Waals surface area contributed by atoms with Crippen molar-refractivity contribution in [2.75, 3.05) is 20.8 Å². The summed E-state index contributed by atoms with van der Waals surface area (Å²) in [5.74, 6) is 0.814. The first kappa shape index (κ1) is 33.1. The molecular weight excluding hydrogens is 727 g/mol. The fraction of sp³-hybridized carbons (Fsp3) is 0.219. The number of hydrogen-bond donors (Lipinski definition) is 0. The molecule has 0 N–H and O–H groups in total. The molecule has 234 valence electrons. The summed E-state index contributed by atoms with van der Waals surface area (Å²) in [5.41, 5.74) is 2.19. The first-order chi connectivity index (χ1) is 21.6. The highest BCUT2D eigenvalue weighted by Crippen LogP contribution is 2.41. The Balaban J connectivity index is 1.66. The first-order valence-corrected chi connectivity index (χ1v) is 16.3. The Morgan fingerprint density at radius 3 is 2.40 bits per heavy atom. The van der Waals surface area contributed by atoms with E-state index in [4.69, 9.17) is 53.8 Å². The van der Waals surface area contributed by atoms with E-state index in [9.17, 15) is 9.59 Å². The molecule has 0 unspecified atom stereocenters. The largest absolute Gasteiger partial charge is 0.493 e. The number of allylic oxidation sites excluding steroid dienone is 1. The van der Waals surface area contributed by atoms with Crippen LogP contribution in [-0.4, -0.2) is 31.4 Å². The van der Waals surface area contributed by atoms with E-state index >= 15 is 0 Å². The zero-order chi connectivity index (χ0) is 32.4. The predicted octanol–water partition coefficient (Wildman–Crippen LogP) is 7.12. The van der Waals surface area contributed by atoms with Crippen LogP contribution >= 0.6 is 62.1 Å². The van der Waals surface area contributed by atoms with E-state index in [1.54, 1.807) is 68.5 Å². The summed E-state index contributed by atoms with van der Waals surface area (Å²) in [6.45, 7) is 3.75. The summed E-state index contributed by atoms with van der Waals surface area (Å²) >= 11 is 23.5. The van der Waals surface area contributed by atoms with Gasteiger partial charge in [-0.2, -0.15) is 0 Å². The van der Waals surface area contributed by atoms with Gasteiger partial charge in [-0.15, -0.1) is 0 Å². The number of aromatic nitrogens is 1. The molecule has 1 aliphatic heterocycles. The zero-order valence-corrected chi connectivity index (χ0v) is 29.1. The third-order valence-corrected chi connectivity index (χ3v) is 9.46. The van der Waals surface area contributed by atoms with Gasteiger partial charge in [0.2, 0.25) is 0 Å². The average Bonchev–Trinajstić information content (AvgIpc) is 3.30. The van der Waals surface area contributed by atoms with Gasteiger partial charge >= 0.3 is 5.97 Å². The summed E-state index contributed by atoms with van der Waals surface area (Å²) in [6, 6.07) is 12.9. The molecule has 0 saturated heterocycles. The number of carbonyl (C=O) groups excluding carboxylic acids is 1. The smallest absolute Gasteiger partial charge is 0.338 e. The van der Waals surface area contributed by atoms with Gasteiger partial charge in [0.25, 0.3) is 5.56 Å². The number of nitrogens with zero attached hydrogens (tertiary/aromatic N) is 2. The van der Waals surface area contributed by atoms with E-state index < -0.39 is 12.0 Å². The normalized spacial score (nSPS) is 14.6. The van der Waals surface area contributed by atoms with Crippen LogP contribution in [0.15, 0.2) is 74.1 Å². The predicted molar refractivity (Wildman–Crippen MR) is 180 cm³/mol. The fourth-order valence-corrected chi connectivity index (χ4v) is 7.08. The van der Waals surface area contributed by atoms with Crippen molar-refractivity contribution < 1.29 is 23.7 Å². The second-order valence-corrected chi connectivity index (χ2v) is 12.9. The van der Waals surface area contributed by atoms with Crippen molar-refractivity contribution >= 4 is 74.1 Å². The average molecular weight is 753 g/mol. The summed E-state index contributed by atoms with van der Waals surface area (Å²) in [7, 11) is 3.04. The number of fused-ring (bicyclic) bond motifs is 1. The van der Waals surface area contributed by atoms with Crippen molar-refractivity contribution in [2.24, 2.45) is 4.99 Å². The number of benzene rings is 3. The van der Waals surface area contributed by atoms with Crippen LogP contribution in [-0.2, 0) is 16.1 Å². The van der Waals surface area contributed by atoms with Crippen molar-refractivity contribution in [2.45, 2.75) is 26.5 Å². The Bertz CT molecular complexity index is 2020. The van der Waals surface area contributed by atoms with Crippen molar-refractivity contribution in [1.82, 2.24) is 4.57 Å². The van der Waals surface area contributed by atoms with Gasteiger partial charge in [-0.25, -0.2) is 9.79 Å². The Morgan fingerprint density at radius 1 is 1.02 bits per heavy atom. The molecule has 1 aromatic heterocycles. The molecule has 4 aromatic rings. The lowest BCUT2D eigenvalue weighted by Crippen LogP contribution is -2.40. The van der Waals surface area contributed by atoms with E-state index in [1.807, 2.05) is 0 Å². The van der Waals surface area contributed by atoms with E-state index in [1.165, 1.54) is 30.1 Å². The SMILES string of the molecule is CCOC(=O)C1=C(C)N=c2s/c(=C\c3cc(Cl)ccc3OCc3ccc(Cl)cc3Cl)c(=O)n2[C@H]1c1cc(OC)c(OC)cc1Br. The Labute approximate surface area is 286 Å². The van der Waals surface area contributed by atoms with Gasteiger partial charge in [0.1, 0.15) is 12.4 Å². The maximum atomic E-state index is 14.2. The molecule has 0 amide bonds. The second kappa shape index (κ2) is 14.0. The first-order valence-electron chi connectivity index (χ1n) is 13.5. The number of thiazole rings is 1. The number of hydrogen-bond acceptors (Lipinski definition) is 8. The topological polar surface area (TPSA) is 88.4 Å². The molecule has 8 nitrogen and oxygen atoms in total. The Morgan fingerprint density at radius 2 is 1.71 bits per heavy atom. The lowest BCUT2D eigenvalue weighted by molar-refractivity contribution is -0.139. The molecule has 2 heterocycles. The standard InChI is InChI=1S/C32H26BrCl3N2O6S/c1-5-43-31(40)28-16(2)37-32-38(29(28)21-13-25(41-3)26(42-4)14-22(21)33)30(39)27(45-32)11-18-10-19(34)8-9-24(18)44-15-17-6-7-20(35)12-23(17)36/h6-14,29H,5,15H2,1-4H3/b27-11-/t29-/m0/s1. The van der Waals surface area contributed by atoms with Gasteiger partial charge in [0, 0.05) is 30.7 Å². The fourth-order valence-electron chi connectivity index (χ4n) is 4.86. The lowest BCUT2D eigenvalue weighted by atomic mass is 9.95. The molecule has 0 radical (unpaired) electrons. The number of carbonyl (C=O) groups is 1. The van der Waals surface area contributed by atoms with Gasteiger partial charge in [-0.05, 0) is 68.0 Å². The maximum absolute atomic E-state index is 14.2. The molecule has 0 saturated carbocycles. The van der Waals surface area contributed by atoms with Crippen molar-refractivity contribution in [3.8, 4) is 17.2 Å². The minimum Gasteiger partial charge on any atom is -0.493 e. The molecule has 3 aromatic carbocycles. The van der Waals surface area contributed by atoms with Gasteiger partial charge in [0.05, 0.1) is 42.7 Å². The Kier molecular flexibility index (Phi) is 10.3. The summed E-state index contributed by atoms with van der Waals surface area (Å²) in [6.07, 6.45) is 1.69. The van der Waals surface area contributed by atoms with Crippen LogP contribution in [0.2, 0.25) is 15.1 Å². The van der Waals surface area contributed by atoms with Crippen LogP contribution in [0.25, 0.3) is 6.08 Å². The van der Waals surface area contributed by atoms with Crippen LogP contribution in [0.5, 0.6) is 17.2 Å². The molecule has 0 fully saturated rings. The van der Waals surface area contributed by atoms with Crippen molar-refractivity contribution in [3.63, 3.8) is 0 Å². The van der Waals surface area contributed by atoms with Crippen LogP contribution in [0.4, 0.5) is 0 Å². The van der Waals surface area contributed by atoms with E-state index in [-0.39, 0.29) is 24.3 Å². The monoisotopic (exact) mass is 750 g/mol. The molecule has 5 rings (SSSR count). The summed E-state index contributed by atoms with van der Waals surface area (Å²) in [4.78, 5) is 32.6. The molecule has 45 heavy (non-hydrogen) atoms. The lowest BCUT2D eigenvalue weighted by Gasteiger charge is -2.26. The molecule has 0 aliphatic carbocycles. The third-order valence-electron chi connectivity index (χ3n) is 6.97. The van der Waals surface area contributed by atoms with Gasteiger partial charge < -0.3 is 18.9 Å². The number of ether oxygens (including phenoxy) is 4. The highest BCUT2D eigenvalue weighted by atomic mass is 79.9. The molecule has 1 aliphatic rings. The highest BCUT2D eigenvalue weighted by Gasteiger charge is 2.35. The van der Waals surface area contributed by atoms with Gasteiger partial charge in [-0.1, -0.05) is 68.1 Å². The molecule has 0 bridgehead atoms. The molecule has 1 atom stereocenters. The minimum absolute atomic E-state index is 0.151. The van der Waals surface area contributed by atoms with Crippen molar-refractivity contribution in [1.29, 1.82) is 0 Å². The summed E-state index contributed by atoms with van der Waals surface area (Å²) in [5, 5.41) is 1.45. The minimum atomic E-state index is -0.876. The quantitative estimate of drug-likeness (QED) is 0.169. The molecular formula is C32H26BrCl3N2O6S. The highest BCUT2D eigenvalue weighted by molar-refractivity contribution is 9.10. The van der Waals surface area contributed by atoms with E-state index in [0.717, 1.165) is 5.56 Å². The van der Waals surface area contributed by atoms with Gasteiger partial charge in [-0.3, -0.25) is 9.36 Å². The Hall–Kier alpha value is -3.28. The van der Waals surface area contributed by atoms with Crippen LogP contribution < -0.4 is 29.1 Å². The number of methoxy groups -OCH3 is 2. The summed E-state index contributed by atoms with van der Waals surface area (Å²) < 4.78 is 25.0. The second-order valence-electron chi connectivity index (χ2n) is 9.74. The molecule has 13 heteroatoms. The molecule has 0 spiro atoms. The van der Waals surface area contributed by atoms with E-state index in [2.05, 4.69) is 20.9 Å².